The quantitative estimate of drug-likeness (QED) is 0.779. The van der Waals surface area contributed by atoms with Crippen LogP contribution in [-0.2, 0) is 6.42 Å². The molecule has 2 aromatic rings. The summed E-state index contributed by atoms with van der Waals surface area (Å²) < 4.78 is 17.2. The highest BCUT2D eigenvalue weighted by atomic mass is 16.5. The maximum atomic E-state index is 12.3. The Hall–Kier alpha value is -3.13. The average Bonchev–Trinajstić information content (AvgIpc) is 2.99. The van der Waals surface area contributed by atoms with E-state index in [2.05, 4.69) is 37.1 Å². The standard InChI is InChI=1S/C23H25NO4/c1-4-26-19-12-6-5-11-18(19)22(25)24-14-7-8-15-27-20-13-9-10-17-16-23(2,3)28-21(17)20/h5-6,9-13H,4,14-16H2,1-3H3,(H,24,25). The molecule has 0 aromatic heterocycles. The second-order valence-corrected chi connectivity index (χ2v) is 7.04. The molecule has 0 atom stereocenters. The summed E-state index contributed by atoms with van der Waals surface area (Å²) in [6.07, 6.45) is 0.862. The molecule has 0 bridgehead atoms. The van der Waals surface area contributed by atoms with E-state index in [0.29, 0.717) is 23.7 Å². The van der Waals surface area contributed by atoms with E-state index < -0.39 is 0 Å². The molecule has 5 heteroatoms. The minimum absolute atomic E-state index is 0.212. The summed E-state index contributed by atoms with van der Waals surface area (Å²) in [5.41, 5.74) is 1.44. The first-order valence-corrected chi connectivity index (χ1v) is 9.39. The molecule has 1 amide bonds. The van der Waals surface area contributed by atoms with Crippen LogP contribution < -0.4 is 19.5 Å². The van der Waals surface area contributed by atoms with Crippen molar-refractivity contribution < 1.29 is 19.0 Å². The Bertz CT molecular complexity index is 908. The smallest absolute Gasteiger partial charge is 0.255 e. The average molecular weight is 379 g/mol. The Balaban J connectivity index is 1.50. The van der Waals surface area contributed by atoms with Crippen LogP contribution in [0.15, 0.2) is 42.5 Å². The lowest BCUT2D eigenvalue weighted by Crippen LogP contribution is -2.24. The van der Waals surface area contributed by atoms with E-state index in [9.17, 15) is 4.79 Å². The maximum Gasteiger partial charge on any atom is 0.255 e. The molecule has 0 unspecified atom stereocenters. The van der Waals surface area contributed by atoms with Crippen molar-refractivity contribution in [2.45, 2.75) is 32.8 Å². The second-order valence-electron chi connectivity index (χ2n) is 7.04. The van der Waals surface area contributed by atoms with Crippen molar-refractivity contribution in [1.29, 1.82) is 0 Å². The fourth-order valence-electron chi connectivity index (χ4n) is 3.08. The highest BCUT2D eigenvalue weighted by Gasteiger charge is 2.32. The second kappa shape index (κ2) is 8.71. The first-order valence-electron chi connectivity index (χ1n) is 9.39. The van der Waals surface area contributed by atoms with Crippen LogP contribution in [0.4, 0.5) is 0 Å². The van der Waals surface area contributed by atoms with Crippen molar-refractivity contribution in [2.75, 3.05) is 19.8 Å². The SMILES string of the molecule is CCOc1ccccc1C(=O)NCC#CCOc1cccc2c1OC(C)(C)C2. The molecule has 0 fully saturated rings. The van der Waals surface area contributed by atoms with Crippen LogP contribution >= 0.6 is 0 Å². The zero-order valence-electron chi connectivity index (χ0n) is 16.5. The lowest BCUT2D eigenvalue weighted by atomic mass is 10.0. The van der Waals surface area contributed by atoms with E-state index in [-0.39, 0.29) is 24.7 Å². The van der Waals surface area contributed by atoms with E-state index in [0.717, 1.165) is 17.7 Å². The Labute approximate surface area is 166 Å². The number of benzene rings is 2. The van der Waals surface area contributed by atoms with Crippen molar-refractivity contribution in [3.63, 3.8) is 0 Å². The van der Waals surface area contributed by atoms with Crippen LogP contribution in [0.3, 0.4) is 0 Å². The van der Waals surface area contributed by atoms with Crippen molar-refractivity contribution >= 4 is 5.91 Å². The van der Waals surface area contributed by atoms with E-state index >= 15 is 0 Å². The molecule has 1 aliphatic heterocycles. The molecule has 5 nitrogen and oxygen atoms in total. The molecule has 28 heavy (non-hydrogen) atoms. The summed E-state index contributed by atoms with van der Waals surface area (Å²) in [6, 6.07) is 13.0. The summed E-state index contributed by atoms with van der Waals surface area (Å²) in [5.74, 6) is 7.68. The molecule has 3 rings (SSSR count). The molecule has 0 saturated heterocycles. The third kappa shape index (κ3) is 4.77. The minimum Gasteiger partial charge on any atom is -0.493 e. The molecule has 1 heterocycles. The van der Waals surface area contributed by atoms with Crippen molar-refractivity contribution in [3.8, 4) is 29.1 Å². The van der Waals surface area contributed by atoms with E-state index in [1.807, 2.05) is 25.1 Å². The van der Waals surface area contributed by atoms with Crippen molar-refractivity contribution in [3.05, 3.63) is 53.6 Å². The largest absolute Gasteiger partial charge is 0.493 e. The Kier molecular flexibility index (Phi) is 6.10. The molecule has 2 aromatic carbocycles. The van der Waals surface area contributed by atoms with Gasteiger partial charge in [-0.2, -0.15) is 0 Å². The monoisotopic (exact) mass is 379 g/mol. The van der Waals surface area contributed by atoms with Gasteiger partial charge in [0, 0.05) is 12.0 Å². The lowest BCUT2D eigenvalue weighted by molar-refractivity contribution is 0.0955. The van der Waals surface area contributed by atoms with Gasteiger partial charge in [0.25, 0.3) is 5.91 Å². The van der Waals surface area contributed by atoms with E-state index in [4.69, 9.17) is 14.2 Å². The summed E-state index contributed by atoms with van der Waals surface area (Å²) >= 11 is 0. The molecular formula is C23H25NO4. The Morgan fingerprint density at radius 3 is 2.71 bits per heavy atom. The van der Waals surface area contributed by atoms with Gasteiger partial charge in [-0.15, -0.1) is 0 Å². The normalized spacial score (nSPS) is 13.5. The van der Waals surface area contributed by atoms with Crippen molar-refractivity contribution in [1.82, 2.24) is 5.32 Å². The molecule has 1 aliphatic rings. The molecule has 0 saturated carbocycles. The molecular weight excluding hydrogens is 354 g/mol. The number of carbonyl (C=O) groups is 1. The topological polar surface area (TPSA) is 56.8 Å². The summed E-state index contributed by atoms with van der Waals surface area (Å²) in [7, 11) is 0. The van der Waals surface area contributed by atoms with E-state index in [1.54, 1.807) is 18.2 Å². The fourth-order valence-corrected chi connectivity index (χ4v) is 3.08. The highest BCUT2D eigenvalue weighted by Crippen LogP contribution is 2.41. The van der Waals surface area contributed by atoms with Gasteiger partial charge in [-0.3, -0.25) is 4.79 Å². The number of rotatable bonds is 6. The number of nitrogens with one attached hydrogen (secondary N) is 1. The summed E-state index contributed by atoms with van der Waals surface area (Å²) in [4.78, 5) is 12.3. The minimum atomic E-state index is -0.213. The Morgan fingerprint density at radius 1 is 1.11 bits per heavy atom. The molecule has 0 spiro atoms. The van der Waals surface area contributed by atoms with Gasteiger partial charge in [-0.05, 0) is 39.0 Å². The number of hydrogen-bond acceptors (Lipinski definition) is 4. The van der Waals surface area contributed by atoms with Crippen LogP contribution in [0.25, 0.3) is 0 Å². The van der Waals surface area contributed by atoms with Gasteiger partial charge < -0.3 is 19.5 Å². The highest BCUT2D eigenvalue weighted by molar-refractivity contribution is 5.97. The Morgan fingerprint density at radius 2 is 1.89 bits per heavy atom. The van der Waals surface area contributed by atoms with Gasteiger partial charge in [-0.1, -0.05) is 36.1 Å². The molecule has 0 aliphatic carbocycles. The zero-order valence-corrected chi connectivity index (χ0v) is 16.5. The first kappa shape index (κ1) is 19.6. The number of ether oxygens (including phenoxy) is 3. The third-order valence-electron chi connectivity index (χ3n) is 4.25. The van der Waals surface area contributed by atoms with Gasteiger partial charge in [-0.25, -0.2) is 0 Å². The van der Waals surface area contributed by atoms with Gasteiger partial charge >= 0.3 is 0 Å². The predicted octanol–water partition coefficient (Wildman–Crippen LogP) is 3.61. The maximum absolute atomic E-state index is 12.3. The summed E-state index contributed by atoms with van der Waals surface area (Å²) in [6.45, 7) is 6.97. The van der Waals surface area contributed by atoms with Gasteiger partial charge in [0.1, 0.15) is 18.0 Å². The molecule has 0 radical (unpaired) electrons. The van der Waals surface area contributed by atoms with E-state index in [1.165, 1.54) is 0 Å². The van der Waals surface area contributed by atoms with Crippen LogP contribution in [0.5, 0.6) is 17.2 Å². The fraction of sp³-hybridized carbons (Fsp3) is 0.348. The van der Waals surface area contributed by atoms with Gasteiger partial charge in [0.15, 0.2) is 11.5 Å². The zero-order chi connectivity index (χ0) is 20.0. The third-order valence-corrected chi connectivity index (χ3v) is 4.25. The number of carbonyl (C=O) groups excluding carboxylic acids is 1. The van der Waals surface area contributed by atoms with Gasteiger partial charge in [0.2, 0.25) is 0 Å². The van der Waals surface area contributed by atoms with Gasteiger partial charge in [0.05, 0.1) is 18.7 Å². The lowest BCUT2D eigenvalue weighted by Gasteiger charge is -2.17. The van der Waals surface area contributed by atoms with Crippen molar-refractivity contribution in [2.24, 2.45) is 0 Å². The van der Waals surface area contributed by atoms with Crippen LogP contribution in [-0.4, -0.2) is 31.3 Å². The van der Waals surface area contributed by atoms with Crippen LogP contribution in [0.1, 0.15) is 36.7 Å². The molecule has 146 valence electrons. The number of hydrogen-bond donors (Lipinski definition) is 1. The first-order chi connectivity index (χ1) is 13.5. The number of fused-ring (bicyclic) bond motifs is 1. The van der Waals surface area contributed by atoms with Crippen LogP contribution in [0, 0.1) is 11.8 Å². The number of para-hydroxylation sites is 2. The molecule has 1 N–H and O–H groups in total. The number of amides is 1. The van der Waals surface area contributed by atoms with Crippen LogP contribution in [0.2, 0.25) is 0 Å². The predicted molar refractivity (Wildman–Crippen MR) is 108 cm³/mol. The summed E-state index contributed by atoms with van der Waals surface area (Å²) in [5, 5.41) is 2.78.